The van der Waals surface area contributed by atoms with Gasteiger partial charge in [-0.1, -0.05) is 0 Å². The van der Waals surface area contributed by atoms with Crippen LogP contribution in [0.25, 0.3) is 0 Å². The van der Waals surface area contributed by atoms with Gasteiger partial charge in [0.1, 0.15) is 11.6 Å². The average molecular weight is 438 g/mol. The molecule has 1 aromatic heterocycles. The zero-order valence-corrected chi connectivity index (χ0v) is 13.7. The number of furan rings is 1. The molecule has 1 amide bonds. The van der Waals surface area contributed by atoms with Gasteiger partial charge in [0.05, 0.1) is 12.1 Å². The number of hydrogen-bond donors (Lipinski definition) is 0. The zero-order chi connectivity index (χ0) is 14.0. The van der Waals surface area contributed by atoms with Crippen LogP contribution in [0.1, 0.15) is 16.1 Å². The van der Waals surface area contributed by atoms with E-state index < -0.39 is 0 Å². The summed E-state index contributed by atoms with van der Waals surface area (Å²) in [4.78, 5) is 13.8. The van der Waals surface area contributed by atoms with E-state index in [1.807, 2.05) is 22.6 Å². The van der Waals surface area contributed by atoms with E-state index in [0.717, 1.165) is 0 Å². The standard InChI is InChI=1S/C13H10BrFINO2/c1-17(7-9-3-5-12(14)19-9)13(18)10-4-2-8(15)6-11(10)16/h2-6H,7H2,1H3. The minimum atomic E-state index is -0.349. The van der Waals surface area contributed by atoms with Crippen LogP contribution in [0.3, 0.4) is 0 Å². The van der Waals surface area contributed by atoms with E-state index in [9.17, 15) is 9.18 Å². The third kappa shape index (κ3) is 3.56. The maximum absolute atomic E-state index is 13.0. The predicted octanol–water partition coefficient (Wildman–Crippen LogP) is 4.06. The highest BCUT2D eigenvalue weighted by molar-refractivity contribution is 14.1. The van der Waals surface area contributed by atoms with Crippen molar-refractivity contribution in [1.29, 1.82) is 0 Å². The molecule has 0 N–H and O–H groups in total. The molecule has 19 heavy (non-hydrogen) atoms. The van der Waals surface area contributed by atoms with Crippen LogP contribution in [-0.2, 0) is 6.54 Å². The van der Waals surface area contributed by atoms with Crippen LogP contribution in [0, 0.1) is 9.39 Å². The first-order valence-corrected chi connectivity index (χ1v) is 7.29. The molecule has 0 radical (unpaired) electrons. The van der Waals surface area contributed by atoms with Crippen LogP contribution in [0.4, 0.5) is 4.39 Å². The van der Waals surface area contributed by atoms with Gasteiger partial charge in [-0.25, -0.2) is 4.39 Å². The maximum Gasteiger partial charge on any atom is 0.255 e. The number of hydrogen-bond acceptors (Lipinski definition) is 2. The molecule has 0 atom stereocenters. The highest BCUT2D eigenvalue weighted by Gasteiger charge is 2.16. The number of carbonyl (C=O) groups excluding carboxylic acids is 1. The lowest BCUT2D eigenvalue weighted by Crippen LogP contribution is -2.26. The van der Waals surface area contributed by atoms with Crippen LogP contribution in [0.15, 0.2) is 39.4 Å². The van der Waals surface area contributed by atoms with Crippen molar-refractivity contribution in [1.82, 2.24) is 4.90 Å². The van der Waals surface area contributed by atoms with Crippen molar-refractivity contribution in [3.8, 4) is 0 Å². The molecule has 0 spiro atoms. The molecule has 0 bridgehead atoms. The Morgan fingerprint density at radius 1 is 1.42 bits per heavy atom. The average Bonchev–Trinajstić information content (AvgIpc) is 2.74. The molecule has 0 saturated heterocycles. The van der Waals surface area contributed by atoms with Gasteiger partial charge in [-0.2, -0.15) is 0 Å². The van der Waals surface area contributed by atoms with Crippen LogP contribution >= 0.6 is 38.5 Å². The van der Waals surface area contributed by atoms with E-state index in [4.69, 9.17) is 4.42 Å². The van der Waals surface area contributed by atoms with Gasteiger partial charge in [0, 0.05) is 10.6 Å². The molecule has 3 nitrogen and oxygen atoms in total. The number of benzene rings is 1. The van der Waals surface area contributed by atoms with Gasteiger partial charge in [-0.05, 0) is 68.9 Å². The molecule has 1 aromatic carbocycles. The van der Waals surface area contributed by atoms with Crippen LogP contribution in [-0.4, -0.2) is 17.9 Å². The number of nitrogens with zero attached hydrogens (tertiary/aromatic N) is 1. The van der Waals surface area contributed by atoms with Gasteiger partial charge >= 0.3 is 0 Å². The number of halogens is 3. The number of carbonyl (C=O) groups is 1. The summed E-state index contributed by atoms with van der Waals surface area (Å²) in [6.45, 7) is 0.359. The van der Waals surface area contributed by atoms with E-state index in [0.29, 0.717) is 26.1 Å². The summed E-state index contributed by atoms with van der Waals surface area (Å²) in [5.41, 5.74) is 0.482. The predicted molar refractivity (Wildman–Crippen MR) is 81.3 cm³/mol. The summed E-state index contributed by atoms with van der Waals surface area (Å²) in [6, 6.07) is 7.69. The second-order valence-electron chi connectivity index (χ2n) is 3.99. The van der Waals surface area contributed by atoms with Gasteiger partial charge < -0.3 is 9.32 Å². The fourth-order valence-electron chi connectivity index (χ4n) is 1.61. The van der Waals surface area contributed by atoms with Crippen LogP contribution in [0.2, 0.25) is 0 Å². The molecule has 2 rings (SSSR count). The highest BCUT2D eigenvalue weighted by atomic mass is 127. The molecule has 1 heterocycles. The first-order valence-electron chi connectivity index (χ1n) is 5.42. The fourth-order valence-corrected chi connectivity index (χ4v) is 2.66. The van der Waals surface area contributed by atoms with Crippen LogP contribution < -0.4 is 0 Å². The van der Waals surface area contributed by atoms with E-state index in [-0.39, 0.29) is 11.7 Å². The summed E-state index contributed by atoms with van der Waals surface area (Å²) in [7, 11) is 1.68. The Bertz CT molecular complexity index is 614. The smallest absolute Gasteiger partial charge is 0.255 e. The van der Waals surface area contributed by atoms with E-state index in [2.05, 4.69) is 15.9 Å². The van der Waals surface area contributed by atoms with Crippen molar-refractivity contribution in [3.05, 3.63) is 55.7 Å². The minimum Gasteiger partial charge on any atom is -0.452 e. The summed E-state index contributed by atoms with van der Waals surface area (Å²) in [6.07, 6.45) is 0. The summed E-state index contributed by atoms with van der Waals surface area (Å²) in [5, 5.41) is 0. The maximum atomic E-state index is 13.0. The normalized spacial score (nSPS) is 10.5. The summed E-state index contributed by atoms with van der Waals surface area (Å²) in [5.74, 6) is 0.162. The molecular formula is C13H10BrFINO2. The van der Waals surface area contributed by atoms with Crippen molar-refractivity contribution in [2.24, 2.45) is 0 Å². The lowest BCUT2D eigenvalue weighted by Gasteiger charge is -2.16. The quantitative estimate of drug-likeness (QED) is 0.678. The third-order valence-corrected chi connectivity index (χ3v) is 3.85. The van der Waals surface area contributed by atoms with Gasteiger partial charge in [0.2, 0.25) is 0 Å². The van der Waals surface area contributed by atoms with Gasteiger partial charge in [-0.15, -0.1) is 0 Å². The molecule has 2 aromatic rings. The van der Waals surface area contributed by atoms with E-state index in [1.165, 1.54) is 23.1 Å². The van der Waals surface area contributed by atoms with Crippen molar-refractivity contribution in [2.75, 3.05) is 7.05 Å². The Kier molecular flexibility index (Phi) is 4.62. The second kappa shape index (κ2) is 6.04. The first-order chi connectivity index (χ1) is 8.97. The molecule has 6 heteroatoms. The van der Waals surface area contributed by atoms with Gasteiger partial charge in [0.15, 0.2) is 4.67 Å². The second-order valence-corrected chi connectivity index (χ2v) is 5.93. The minimum absolute atomic E-state index is 0.170. The fraction of sp³-hybridized carbons (Fsp3) is 0.154. The van der Waals surface area contributed by atoms with Crippen molar-refractivity contribution < 1.29 is 13.6 Å². The van der Waals surface area contributed by atoms with Crippen LogP contribution in [0.5, 0.6) is 0 Å². The summed E-state index contributed by atoms with van der Waals surface area (Å²) >= 11 is 5.16. The topological polar surface area (TPSA) is 33.5 Å². The third-order valence-electron chi connectivity index (χ3n) is 2.53. The lowest BCUT2D eigenvalue weighted by atomic mass is 10.2. The Hall–Kier alpha value is -0.890. The Balaban J connectivity index is 2.14. The molecule has 0 saturated carbocycles. The highest BCUT2D eigenvalue weighted by Crippen LogP contribution is 2.19. The molecule has 0 fully saturated rings. The molecular weight excluding hydrogens is 428 g/mol. The SMILES string of the molecule is CN(Cc1ccc(Br)o1)C(=O)c1ccc(F)cc1I. The van der Waals surface area contributed by atoms with Gasteiger partial charge in [0.25, 0.3) is 5.91 Å². The Morgan fingerprint density at radius 2 is 2.16 bits per heavy atom. The first kappa shape index (κ1) is 14.5. The number of amides is 1. The lowest BCUT2D eigenvalue weighted by molar-refractivity contribution is 0.0774. The van der Waals surface area contributed by atoms with Crippen molar-refractivity contribution in [2.45, 2.75) is 6.54 Å². The van der Waals surface area contributed by atoms with Crippen molar-refractivity contribution in [3.63, 3.8) is 0 Å². The van der Waals surface area contributed by atoms with Crippen molar-refractivity contribution >= 4 is 44.4 Å². The Labute approximate surface area is 132 Å². The summed E-state index contributed by atoms with van der Waals surface area (Å²) < 4.78 is 19.6. The zero-order valence-electron chi connectivity index (χ0n) is 9.99. The van der Waals surface area contributed by atoms with Gasteiger partial charge in [-0.3, -0.25) is 4.79 Å². The van der Waals surface area contributed by atoms with E-state index >= 15 is 0 Å². The molecule has 0 unspecified atom stereocenters. The molecule has 0 aliphatic rings. The molecule has 0 aliphatic heterocycles. The largest absolute Gasteiger partial charge is 0.452 e. The number of rotatable bonds is 3. The molecule has 0 aliphatic carbocycles. The monoisotopic (exact) mass is 437 g/mol. The molecule has 100 valence electrons. The Morgan fingerprint density at radius 3 is 2.74 bits per heavy atom. The van der Waals surface area contributed by atoms with E-state index in [1.54, 1.807) is 19.2 Å².